The van der Waals surface area contributed by atoms with Crippen molar-refractivity contribution < 1.29 is 9.59 Å². The van der Waals surface area contributed by atoms with Gasteiger partial charge in [-0.1, -0.05) is 6.42 Å². The zero-order chi connectivity index (χ0) is 14.1. The molecular formula is C16H18INO2. The van der Waals surface area contributed by atoms with E-state index < -0.39 is 0 Å². The van der Waals surface area contributed by atoms with Crippen molar-refractivity contribution >= 4 is 40.0 Å². The first-order valence-electron chi connectivity index (χ1n) is 7.23. The number of carbonyl (C=O) groups is 2. The summed E-state index contributed by atoms with van der Waals surface area (Å²) in [7, 11) is 0. The van der Waals surface area contributed by atoms with Crippen molar-refractivity contribution in [1.82, 2.24) is 0 Å². The van der Waals surface area contributed by atoms with Crippen LogP contribution in [0.5, 0.6) is 0 Å². The van der Waals surface area contributed by atoms with Gasteiger partial charge in [-0.2, -0.15) is 0 Å². The van der Waals surface area contributed by atoms with E-state index in [0.29, 0.717) is 5.78 Å². The highest BCUT2D eigenvalue weighted by Crippen LogP contribution is 2.40. The monoisotopic (exact) mass is 383 g/mol. The van der Waals surface area contributed by atoms with Crippen molar-refractivity contribution in [3.05, 3.63) is 27.8 Å². The Balaban J connectivity index is 1.66. The number of hydrogen-bond donors (Lipinski definition) is 1. The van der Waals surface area contributed by atoms with Gasteiger partial charge in [-0.3, -0.25) is 9.59 Å². The molecule has 0 aromatic heterocycles. The smallest absolute Gasteiger partial charge is 0.227 e. The van der Waals surface area contributed by atoms with Crippen molar-refractivity contribution in [3.8, 4) is 0 Å². The number of Topliss-reactive ketones (excluding diaryl/α,β-unsaturated/α-hetero) is 1. The zero-order valence-electron chi connectivity index (χ0n) is 11.3. The van der Waals surface area contributed by atoms with Crippen molar-refractivity contribution in [2.45, 2.75) is 32.1 Å². The van der Waals surface area contributed by atoms with Gasteiger partial charge < -0.3 is 5.32 Å². The summed E-state index contributed by atoms with van der Waals surface area (Å²) in [5.74, 6) is 0.761. The minimum Gasteiger partial charge on any atom is -0.326 e. The van der Waals surface area contributed by atoms with Crippen LogP contribution in [0.15, 0.2) is 24.3 Å². The van der Waals surface area contributed by atoms with Gasteiger partial charge in [-0.15, -0.1) is 0 Å². The normalized spacial score (nSPS) is 29.1. The van der Waals surface area contributed by atoms with E-state index >= 15 is 0 Å². The number of rotatable bonds is 2. The highest BCUT2D eigenvalue weighted by atomic mass is 127. The fourth-order valence-electron chi connectivity index (χ4n) is 3.47. The van der Waals surface area contributed by atoms with Crippen LogP contribution in [0.2, 0.25) is 0 Å². The van der Waals surface area contributed by atoms with Crippen LogP contribution in [-0.2, 0) is 9.59 Å². The number of fused-ring (bicyclic) bond motifs is 2. The SMILES string of the molecule is O=C(Nc1ccc(I)cc1)C1C[C@H]2CCC[C@@H](C1)C2=O. The summed E-state index contributed by atoms with van der Waals surface area (Å²) in [5, 5.41) is 2.99. The van der Waals surface area contributed by atoms with Crippen LogP contribution >= 0.6 is 22.6 Å². The number of hydrogen-bond acceptors (Lipinski definition) is 2. The van der Waals surface area contributed by atoms with E-state index in [4.69, 9.17) is 0 Å². The maximum absolute atomic E-state index is 12.4. The van der Waals surface area contributed by atoms with Gasteiger partial charge in [0.2, 0.25) is 5.91 Å². The lowest BCUT2D eigenvalue weighted by Gasteiger charge is -2.36. The second-order valence-electron chi connectivity index (χ2n) is 5.89. The number of halogens is 1. The number of benzene rings is 1. The topological polar surface area (TPSA) is 46.2 Å². The van der Waals surface area contributed by atoms with Gasteiger partial charge in [0.1, 0.15) is 5.78 Å². The standard InChI is InChI=1S/C16H18INO2/c17-13-4-6-14(7-5-13)18-16(20)12-8-10-2-1-3-11(9-12)15(10)19/h4-7,10-12H,1-3,8-9H2,(H,18,20)/t10-,11+,12?. The minimum atomic E-state index is 0.00211. The van der Waals surface area contributed by atoms with Crippen LogP contribution in [0, 0.1) is 21.3 Å². The summed E-state index contributed by atoms with van der Waals surface area (Å²) in [6, 6.07) is 7.81. The average Bonchev–Trinajstić information content (AvgIpc) is 2.41. The molecule has 1 aromatic carbocycles. The van der Waals surface area contributed by atoms with Gasteiger partial charge in [0.15, 0.2) is 0 Å². The van der Waals surface area contributed by atoms with Crippen LogP contribution in [0.1, 0.15) is 32.1 Å². The third kappa shape index (κ3) is 2.90. The van der Waals surface area contributed by atoms with E-state index in [1.54, 1.807) is 0 Å². The predicted molar refractivity (Wildman–Crippen MR) is 86.4 cm³/mol. The molecule has 3 rings (SSSR count). The summed E-state index contributed by atoms with van der Waals surface area (Å²) in [6.07, 6.45) is 4.58. The highest BCUT2D eigenvalue weighted by Gasteiger charge is 2.41. The number of amides is 1. The Morgan fingerprint density at radius 3 is 2.30 bits per heavy atom. The molecule has 1 unspecified atom stereocenters. The average molecular weight is 383 g/mol. The summed E-state index contributed by atoms with van der Waals surface area (Å²) in [5.41, 5.74) is 0.845. The van der Waals surface area contributed by atoms with Crippen LogP contribution in [-0.4, -0.2) is 11.7 Å². The Kier molecular flexibility index (Phi) is 4.10. The van der Waals surface area contributed by atoms with Gasteiger partial charge in [0.25, 0.3) is 0 Å². The molecule has 1 amide bonds. The molecule has 106 valence electrons. The Bertz CT molecular complexity index is 510. The molecule has 0 radical (unpaired) electrons. The lowest BCUT2D eigenvalue weighted by atomic mass is 9.67. The lowest BCUT2D eigenvalue weighted by molar-refractivity contribution is -0.136. The first-order valence-corrected chi connectivity index (χ1v) is 8.31. The van der Waals surface area contributed by atoms with Gasteiger partial charge in [-0.05, 0) is 72.5 Å². The molecule has 2 bridgehead atoms. The number of nitrogens with one attached hydrogen (secondary N) is 1. The van der Waals surface area contributed by atoms with E-state index in [0.717, 1.165) is 41.4 Å². The summed E-state index contributed by atoms with van der Waals surface area (Å²) < 4.78 is 1.15. The number of anilines is 1. The fourth-order valence-corrected chi connectivity index (χ4v) is 3.83. The van der Waals surface area contributed by atoms with Crippen molar-refractivity contribution in [1.29, 1.82) is 0 Å². The molecule has 1 N–H and O–H groups in total. The van der Waals surface area contributed by atoms with E-state index in [-0.39, 0.29) is 23.7 Å². The molecule has 2 saturated carbocycles. The second kappa shape index (κ2) is 5.84. The number of carbonyl (C=O) groups excluding carboxylic acids is 2. The summed E-state index contributed by atoms with van der Waals surface area (Å²) in [6.45, 7) is 0. The number of ketones is 1. The third-order valence-electron chi connectivity index (χ3n) is 4.53. The van der Waals surface area contributed by atoms with E-state index in [2.05, 4.69) is 27.9 Å². The maximum atomic E-state index is 12.4. The molecule has 2 fully saturated rings. The molecule has 4 heteroatoms. The molecule has 20 heavy (non-hydrogen) atoms. The molecule has 0 aliphatic heterocycles. The van der Waals surface area contributed by atoms with Gasteiger partial charge in [0, 0.05) is 27.0 Å². The van der Waals surface area contributed by atoms with Crippen LogP contribution in [0.4, 0.5) is 5.69 Å². The summed E-state index contributed by atoms with van der Waals surface area (Å²) >= 11 is 2.24. The van der Waals surface area contributed by atoms with Gasteiger partial charge in [-0.25, -0.2) is 0 Å². The lowest BCUT2D eigenvalue weighted by Crippen LogP contribution is -2.40. The van der Waals surface area contributed by atoms with Gasteiger partial charge >= 0.3 is 0 Å². The van der Waals surface area contributed by atoms with Crippen molar-refractivity contribution in [3.63, 3.8) is 0 Å². The van der Waals surface area contributed by atoms with E-state index in [9.17, 15) is 9.59 Å². The van der Waals surface area contributed by atoms with E-state index in [1.807, 2.05) is 24.3 Å². The van der Waals surface area contributed by atoms with Crippen molar-refractivity contribution in [2.24, 2.45) is 17.8 Å². The molecule has 0 heterocycles. The molecular weight excluding hydrogens is 365 g/mol. The first-order chi connectivity index (χ1) is 9.63. The second-order valence-corrected chi connectivity index (χ2v) is 7.14. The fraction of sp³-hybridized carbons (Fsp3) is 0.500. The van der Waals surface area contributed by atoms with Crippen LogP contribution in [0.3, 0.4) is 0 Å². The largest absolute Gasteiger partial charge is 0.326 e. The van der Waals surface area contributed by atoms with E-state index in [1.165, 1.54) is 0 Å². The molecule has 2 aliphatic carbocycles. The molecule has 2 aliphatic rings. The Morgan fingerprint density at radius 2 is 1.70 bits per heavy atom. The molecule has 0 saturated heterocycles. The third-order valence-corrected chi connectivity index (χ3v) is 5.25. The molecule has 1 aromatic rings. The highest BCUT2D eigenvalue weighted by molar-refractivity contribution is 14.1. The van der Waals surface area contributed by atoms with Crippen LogP contribution < -0.4 is 5.32 Å². The predicted octanol–water partition coefficient (Wildman–Crippen LogP) is 3.63. The Hall–Kier alpha value is -0.910. The first kappa shape index (κ1) is 14.0. The van der Waals surface area contributed by atoms with Crippen LogP contribution in [0.25, 0.3) is 0 Å². The zero-order valence-corrected chi connectivity index (χ0v) is 13.4. The summed E-state index contributed by atoms with van der Waals surface area (Å²) in [4.78, 5) is 24.4. The quantitative estimate of drug-likeness (QED) is 0.793. The van der Waals surface area contributed by atoms with Crippen molar-refractivity contribution in [2.75, 3.05) is 5.32 Å². The minimum absolute atomic E-state index is 0.00211. The molecule has 0 spiro atoms. The Morgan fingerprint density at radius 1 is 1.10 bits per heavy atom. The molecule has 3 atom stereocenters. The van der Waals surface area contributed by atoms with Gasteiger partial charge in [0.05, 0.1) is 0 Å². The Labute approximate surface area is 132 Å². The maximum Gasteiger partial charge on any atom is 0.227 e. The molecule has 3 nitrogen and oxygen atoms in total.